The molecular formula is C12H8BrN3OS. The molecule has 0 unspecified atom stereocenters. The number of anilines is 1. The summed E-state index contributed by atoms with van der Waals surface area (Å²) in [5.41, 5.74) is 7.70. The van der Waals surface area contributed by atoms with E-state index in [0.717, 1.165) is 9.47 Å². The molecule has 0 spiro atoms. The van der Waals surface area contributed by atoms with Gasteiger partial charge in [0.15, 0.2) is 0 Å². The van der Waals surface area contributed by atoms with Crippen LogP contribution in [0.1, 0.15) is 0 Å². The van der Waals surface area contributed by atoms with Crippen molar-refractivity contribution in [1.29, 1.82) is 0 Å². The van der Waals surface area contributed by atoms with Crippen molar-refractivity contribution in [2.45, 2.75) is 0 Å². The number of nitrogen functional groups attached to an aromatic ring is 1. The third kappa shape index (κ3) is 1.83. The first-order chi connectivity index (χ1) is 8.65. The summed E-state index contributed by atoms with van der Waals surface area (Å²) in [4.78, 5) is 16.6. The summed E-state index contributed by atoms with van der Waals surface area (Å²) in [5.74, 6) is 0. The molecule has 2 N–H and O–H groups in total. The first-order valence-corrected chi connectivity index (χ1v) is 6.79. The Labute approximate surface area is 115 Å². The largest absolute Gasteiger partial charge is 0.399 e. The van der Waals surface area contributed by atoms with Gasteiger partial charge in [-0.2, -0.15) is 0 Å². The number of benzene rings is 1. The number of nitrogens with zero attached hydrogens (tertiary/aromatic N) is 2. The number of halogens is 1. The lowest BCUT2D eigenvalue weighted by atomic mass is 10.3. The summed E-state index contributed by atoms with van der Waals surface area (Å²) < 4.78 is 3.06. The molecule has 0 aliphatic carbocycles. The number of thiophene rings is 1. The van der Waals surface area contributed by atoms with Crippen molar-refractivity contribution in [2.75, 3.05) is 5.73 Å². The Kier molecular flexibility index (Phi) is 2.68. The van der Waals surface area contributed by atoms with Crippen LogP contribution < -0.4 is 11.3 Å². The number of aromatic nitrogens is 2. The topological polar surface area (TPSA) is 60.9 Å². The molecule has 18 heavy (non-hydrogen) atoms. The SMILES string of the molecule is Nc1ccc(-n2cnc3cc(Br)sc3c2=O)cc1. The van der Waals surface area contributed by atoms with Gasteiger partial charge in [0, 0.05) is 5.69 Å². The molecule has 2 aromatic heterocycles. The molecule has 0 saturated carbocycles. The van der Waals surface area contributed by atoms with Crippen LogP contribution in [0.25, 0.3) is 15.9 Å². The molecule has 90 valence electrons. The van der Waals surface area contributed by atoms with Gasteiger partial charge in [-0.05, 0) is 46.3 Å². The highest BCUT2D eigenvalue weighted by molar-refractivity contribution is 9.11. The lowest BCUT2D eigenvalue weighted by Crippen LogP contribution is -2.17. The van der Waals surface area contributed by atoms with Crippen LogP contribution in [0.4, 0.5) is 5.69 Å². The predicted molar refractivity (Wildman–Crippen MR) is 77.3 cm³/mol. The Bertz CT molecular complexity index is 776. The summed E-state index contributed by atoms with van der Waals surface area (Å²) in [6.07, 6.45) is 1.54. The summed E-state index contributed by atoms with van der Waals surface area (Å²) in [5, 5.41) is 0. The lowest BCUT2D eigenvalue weighted by molar-refractivity contribution is 0.967. The Morgan fingerprint density at radius 1 is 1.28 bits per heavy atom. The Balaban J connectivity index is 2.26. The number of rotatable bonds is 1. The fourth-order valence-corrected chi connectivity index (χ4v) is 3.17. The monoisotopic (exact) mass is 321 g/mol. The van der Waals surface area contributed by atoms with Crippen molar-refractivity contribution in [1.82, 2.24) is 9.55 Å². The van der Waals surface area contributed by atoms with E-state index in [1.807, 2.05) is 6.07 Å². The predicted octanol–water partition coefficient (Wildman–Crippen LogP) is 2.79. The van der Waals surface area contributed by atoms with Crippen molar-refractivity contribution in [3.63, 3.8) is 0 Å². The molecule has 0 bridgehead atoms. The van der Waals surface area contributed by atoms with Crippen LogP contribution in [0.15, 0.2) is 45.2 Å². The summed E-state index contributed by atoms with van der Waals surface area (Å²) in [7, 11) is 0. The van der Waals surface area contributed by atoms with E-state index in [9.17, 15) is 4.79 Å². The van der Waals surface area contributed by atoms with Gasteiger partial charge in [-0.1, -0.05) is 0 Å². The average Bonchev–Trinajstić information content (AvgIpc) is 2.73. The normalized spacial score (nSPS) is 10.9. The molecule has 0 radical (unpaired) electrons. The van der Waals surface area contributed by atoms with Gasteiger partial charge in [0.25, 0.3) is 5.56 Å². The van der Waals surface area contributed by atoms with E-state index >= 15 is 0 Å². The molecule has 0 fully saturated rings. The molecule has 2 heterocycles. The van der Waals surface area contributed by atoms with Gasteiger partial charge < -0.3 is 5.73 Å². The Morgan fingerprint density at radius 3 is 2.72 bits per heavy atom. The highest BCUT2D eigenvalue weighted by Crippen LogP contribution is 2.25. The summed E-state index contributed by atoms with van der Waals surface area (Å²) >= 11 is 4.75. The van der Waals surface area contributed by atoms with Crippen LogP contribution in [-0.4, -0.2) is 9.55 Å². The molecule has 3 rings (SSSR count). The minimum Gasteiger partial charge on any atom is -0.399 e. The number of nitrogens with two attached hydrogens (primary N) is 1. The van der Waals surface area contributed by atoms with Crippen molar-refractivity contribution < 1.29 is 0 Å². The fourth-order valence-electron chi connectivity index (χ4n) is 1.70. The zero-order chi connectivity index (χ0) is 12.7. The minimum absolute atomic E-state index is 0.0690. The van der Waals surface area contributed by atoms with Crippen LogP contribution in [0, 0.1) is 0 Å². The van der Waals surface area contributed by atoms with E-state index in [-0.39, 0.29) is 5.56 Å². The van der Waals surface area contributed by atoms with Gasteiger partial charge in [0.1, 0.15) is 11.0 Å². The fraction of sp³-hybridized carbons (Fsp3) is 0. The van der Waals surface area contributed by atoms with Gasteiger partial charge >= 0.3 is 0 Å². The Morgan fingerprint density at radius 2 is 2.00 bits per heavy atom. The van der Waals surface area contributed by atoms with Crippen molar-refractivity contribution in [3.8, 4) is 5.69 Å². The van der Waals surface area contributed by atoms with E-state index in [0.29, 0.717) is 15.9 Å². The molecule has 0 atom stereocenters. The van der Waals surface area contributed by atoms with E-state index in [2.05, 4.69) is 20.9 Å². The third-order valence-corrected chi connectivity index (χ3v) is 4.19. The van der Waals surface area contributed by atoms with Gasteiger partial charge in [-0.15, -0.1) is 11.3 Å². The van der Waals surface area contributed by atoms with E-state index in [1.165, 1.54) is 22.2 Å². The van der Waals surface area contributed by atoms with Crippen LogP contribution >= 0.6 is 27.3 Å². The smallest absolute Gasteiger partial charge is 0.275 e. The minimum atomic E-state index is -0.0690. The molecule has 0 saturated heterocycles. The van der Waals surface area contributed by atoms with Crippen molar-refractivity contribution in [2.24, 2.45) is 0 Å². The van der Waals surface area contributed by atoms with Crippen molar-refractivity contribution >= 4 is 43.2 Å². The maximum atomic E-state index is 12.3. The molecule has 0 aliphatic rings. The Hall–Kier alpha value is -1.66. The van der Waals surface area contributed by atoms with Crippen molar-refractivity contribution in [3.05, 3.63) is 50.8 Å². The number of hydrogen-bond donors (Lipinski definition) is 1. The maximum absolute atomic E-state index is 12.3. The standard InChI is InChI=1S/C12H8BrN3OS/c13-10-5-9-11(18-10)12(17)16(6-15-9)8-3-1-7(14)2-4-8/h1-6H,14H2. The van der Waals surface area contributed by atoms with Gasteiger partial charge in [0.2, 0.25) is 0 Å². The maximum Gasteiger partial charge on any atom is 0.275 e. The second-order valence-corrected chi connectivity index (χ2v) is 6.21. The zero-order valence-corrected chi connectivity index (χ0v) is 11.5. The number of fused-ring (bicyclic) bond motifs is 1. The van der Waals surface area contributed by atoms with Crippen LogP contribution in [-0.2, 0) is 0 Å². The van der Waals surface area contributed by atoms with Gasteiger partial charge in [-0.25, -0.2) is 4.98 Å². The highest BCUT2D eigenvalue weighted by atomic mass is 79.9. The van der Waals surface area contributed by atoms with Gasteiger partial charge in [0.05, 0.1) is 15.0 Å². The second-order valence-electron chi connectivity index (χ2n) is 3.78. The summed E-state index contributed by atoms with van der Waals surface area (Å²) in [6.45, 7) is 0. The first-order valence-electron chi connectivity index (χ1n) is 5.18. The quantitative estimate of drug-likeness (QED) is 0.701. The lowest BCUT2D eigenvalue weighted by Gasteiger charge is -2.04. The van der Waals surface area contributed by atoms with E-state index in [1.54, 1.807) is 24.3 Å². The van der Waals surface area contributed by atoms with E-state index < -0.39 is 0 Å². The highest BCUT2D eigenvalue weighted by Gasteiger charge is 2.08. The molecule has 4 nitrogen and oxygen atoms in total. The number of hydrogen-bond acceptors (Lipinski definition) is 4. The third-order valence-electron chi connectivity index (χ3n) is 2.58. The zero-order valence-electron chi connectivity index (χ0n) is 9.13. The molecule has 3 aromatic rings. The van der Waals surface area contributed by atoms with Gasteiger partial charge in [-0.3, -0.25) is 9.36 Å². The molecule has 1 aromatic carbocycles. The van der Waals surface area contributed by atoms with Crippen LogP contribution in [0.5, 0.6) is 0 Å². The van der Waals surface area contributed by atoms with E-state index in [4.69, 9.17) is 5.73 Å². The molecule has 0 amide bonds. The molecule has 6 heteroatoms. The average molecular weight is 322 g/mol. The molecular weight excluding hydrogens is 314 g/mol. The second kappa shape index (κ2) is 4.22. The van der Waals surface area contributed by atoms with Crippen LogP contribution in [0.3, 0.4) is 0 Å². The summed E-state index contributed by atoms with van der Waals surface area (Å²) in [6, 6.07) is 8.96. The first kappa shape index (κ1) is 11.4. The van der Waals surface area contributed by atoms with Crippen LogP contribution in [0.2, 0.25) is 0 Å². The molecule has 0 aliphatic heterocycles.